The topological polar surface area (TPSA) is 93.4 Å². The molecule has 0 spiro atoms. The molecule has 3 amide bonds. The Hall–Kier alpha value is -3.95. The average molecular weight is 529 g/mol. The molecule has 3 heterocycles. The zero-order valence-electron chi connectivity index (χ0n) is 21.7. The lowest BCUT2D eigenvalue weighted by molar-refractivity contribution is -0.115. The molecule has 1 aliphatic rings. The minimum absolute atomic E-state index is 0.0402. The Kier molecular flexibility index (Phi) is 7.86. The number of carbonyl (C=O) groups is 2. The number of nitrogens with zero attached hydrogens (tertiary/aromatic N) is 3. The van der Waals surface area contributed by atoms with Crippen molar-refractivity contribution in [2.75, 3.05) is 43.9 Å². The summed E-state index contributed by atoms with van der Waals surface area (Å²) in [5, 5.41) is 16.5. The fourth-order valence-electron chi connectivity index (χ4n) is 4.57. The van der Waals surface area contributed by atoms with Gasteiger partial charge in [-0.25, -0.2) is 4.79 Å². The van der Waals surface area contributed by atoms with E-state index in [1.54, 1.807) is 11.3 Å². The molecule has 5 rings (SSSR count). The fraction of sp³-hybridized carbons (Fsp3) is 0.276. The lowest BCUT2D eigenvalue weighted by Gasteiger charge is -2.21. The van der Waals surface area contributed by atoms with Crippen LogP contribution in [0.15, 0.2) is 53.9 Å². The quantitative estimate of drug-likeness (QED) is 0.310. The number of nitrogens with one attached hydrogen (secondary N) is 3. The van der Waals surface area contributed by atoms with Gasteiger partial charge in [-0.15, -0.1) is 11.3 Å². The molecule has 1 aliphatic heterocycles. The van der Waals surface area contributed by atoms with E-state index in [2.05, 4.69) is 32.8 Å². The summed E-state index contributed by atoms with van der Waals surface area (Å²) in [6.07, 6.45) is 5.25. The van der Waals surface area contributed by atoms with Crippen LogP contribution in [0.2, 0.25) is 0 Å². The number of carbonyl (C=O) groups excluding carboxylic acids is 2. The van der Waals surface area contributed by atoms with Gasteiger partial charge in [0.25, 0.3) is 0 Å². The molecule has 4 aromatic rings. The summed E-state index contributed by atoms with van der Waals surface area (Å²) in [5.74, 6) is -0.0402. The molecule has 38 heavy (non-hydrogen) atoms. The van der Waals surface area contributed by atoms with E-state index < -0.39 is 0 Å². The normalized spacial score (nSPS) is 14.6. The second kappa shape index (κ2) is 11.6. The van der Waals surface area contributed by atoms with Gasteiger partial charge in [-0.3, -0.25) is 9.89 Å². The van der Waals surface area contributed by atoms with Crippen LogP contribution in [0.25, 0.3) is 23.1 Å². The van der Waals surface area contributed by atoms with Crippen LogP contribution < -0.4 is 10.6 Å². The fourth-order valence-corrected chi connectivity index (χ4v) is 5.27. The Balaban J connectivity index is 1.28. The highest BCUT2D eigenvalue weighted by Gasteiger charge is 2.17. The third-order valence-corrected chi connectivity index (χ3v) is 7.58. The molecule has 0 bridgehead atoms. The zero-order chi connectivity index (χ0) is 26.5. The number of hydrogen-bond donors (Lipinski definition) is 3. The summed E-state index contributed by atoms with van der Waals surface area (Å²) in [7, 11) is 2.09. The van der Waals surface area contributed by atoms with Gasteiger partial charge in [0.05, 0.1) is 17.6 Å². The molecule has 2 aromatic heterocycles. The number of fused-ring (bicyclic) bond motifs is 1. The summed E-state index contributed by atoms with van der Waals surface area (Å²) < 4.78 is 0. The van der Waals surface area contributed by atoms with Gasteiger partial charge >= 0.3 is 6.03 Å². The van der Waals surface area contributed by atoms with Crippen molar-refractivity contribution in [2.24, 2.45) is 0 Å². The monoisotopic (exact) mass is 528 g/mol. The van der Waals surface area contributed by atoms with E-state index in [-0.39, 0.29) is 11.9 Å². The number of hydrogen-bond acceptors (Lipinski definition) is 5. The number of rotatable bonds is 6. The van der Waals surface area contributed by atoms with E-state index >= 15 is 0 Å². The first-order chi connectivity index (χ1) is 18.4. The van der Waals surface area contributed by atoms with E-state index in [4.69, 9.17) is 0 Å². The number of H-pyrrole nitrogens is 1. The maximum absolute atomic E-state index is 12.8. The van der Waals surface area contributed by atoms with Gasteiger partial charge in [-0.2, -0.15) is 5.10 Å². The number of benzene rings is 2. The van der Waals surface area contributed by atoms with Crippen LogP contribution in [0.4, 0.5) is 16.2 Å². The number of aromatic nitrogens is 2. The van der Waals surface area contributed by atoms with Crippen LogP contribution in [-0.2, 0) is 11.2 Å². The van der Waals surface area contributed by atoms with Gasteiger partial charge in [0.15, 0.2) is 0 Å². The summed E-state index contributed by atoms with van der Waals surface area (Å²) >= 11 is 1.58. The van der Waals surface area contributed by atoms with Gasteiger partial charge in [0.1, 0.15) is 0 Å². The Morgan fingerprint density at radius 3 is 2.79 bits per heavy atom. The predicted molar refractivity (Wildman–Crippen MR) is 156 cm³/mol. The van der Waals surface area contributed by atoms with Crippen LogP contribution in [0, 0.1) is 6.92 Å². The van der Waals surface area contributed by atoms with Crippen LogP contribution in [-0.4, -0.2) is 65.2 Å². The first-order valence-corrected chi connectivity index (χ1v) is 13.7. The summed E-state index contributed by atoms with van der Waals surface area (Å²) in [6, 6.07) is 15.6. The van der Waals surface area contributed by atoms with Gasteiger partial charge in [0, 0.05) is 41.3 Å². The second-order valence-electron chi connectivity index (χ2n) is 9.66. The van der Waals surface area contributed by atoms with Gasteiger partial charge in [0.2, 0.25) is 5.91 Å². The molecule has 0 saturated carbocycles. The SMILES string of the molecule is Cc1cc2[nH]nc(C=Cc3cccc(NC(=O)N4CCCN(C)CC4)c3)c2cc1NC(=O)Cc1cccs1. The molecular weight excluding hydrogens is 496 g/mol. The van der Waals surface area contributed by atoms with Crippen molar-refractivity contribution in [1.82, 2.24) is 20.0 Å². The minimum atomic E-state index is -0.0660. The summed E-state index contributed by atoms with van der Waals surface area (Å²) in [6.45, 7) is 5.35. The van der Waals surface area contributed by atoms with Crippen molar-refractivity contribution >= 4 is 57.7 Å². The van der Waals surface area contributed by atoms with Crippen molar-refractivity contribution in [3.8, 4) is 0 Å². The highest BCUT2D eigenvalue weighted by molar-refractivity contribution is 7.10. The molecule has 3 N–H and O–H groups in total. The van der Waals surface area contributed by atoms with Crippen LogP contribution in [0.5, 0.6) is 0 Å². The Morgan fingerprint density at radius 1 is 1.05 bits per heavy atom. The van der Waals surface area contributed by atoms with E-state index in [9.17, 15) is 9.59 Å². The maximum atomic E-state index is 12.8. The third-order valence-electron chi connectivity index (χ3n) is 6.70. The highest BCUT2D eigenvalue weighted by Crippen LogP contribution is 2.26. The number of urea groups is 1. The van der Waals surface area contributed by atoms with Crippen molar-refractivity contribution in [3.63, 3.8) is 0 Å². The first-order valence-electron chi connectivity index (χ1n) is 12.8. The number of aromatic amines is 1. The van der Waals surface area contributed by atoms with E-state index in [1.807, 2.05) is 77.9 Å². The second-order valence-corrected chi connectivity index (χ2v) is 10.7. The Morgan fingerprint density at radius 2 is 1.95 bits per heavy atom. The smallest absolute Gasteiger partial charge is 0.321 e. The van der Waals surface area contributed by atoms with Crippen molar-refractivity contribution in [1.29, 1.82) is 0 Å². The molecule has 1 fully saturated rings. The molecule has 0 unspecified atom stereocenters. The first kappa shape index (κ1) is 25.7. The molecule has 0 aliphatic carbocycles. The van der Waals surface area contributed by atoms with Crippen molar-refractivity contribution in [2.45, 2.75) is 19.8 Å². The molecule has 1 saturated heterocycles. The molecule has 0 atom stereocenters. The lowest BCUT2D eigenvalue weighted by Crippen LogP contribution is -2.37. The van der Waals surface area contributed by atoms with E-state index in [0.29, 0.717) is 6.42 Å². The molecule has 9 heteroatoms. The molecule has 8 nitrogen and oxygen atoms in total. The molecular formula is C29H32N6O2S. The van der Waals surface area contributed by atoms with Crippen LogP contribution >= 0.6 is 11.3 Å². The zero-order valence-corrected chi connectivity index (χ0v) is 22.5. The Bertz CT molecular complexity index is 1460. The van der Waals surface area contributed by atoms with Crippen LogP contribution in [0.1, 0.15) is 28.1 Å². The third kappa shape index (κ3) is 6.30. The van der Waals surface area contributed by atoms with Crippen molar-refractivity contribution < 1.29 is 9.59 Å². The largest absolute Gasteiger partial charge is 0.326 e. The molecule has 2 aromatic carbocycles. The Labute approximate surface area is 226 Å². The molecule has 196 valence electrons. The number of aryl methyl sites for hydroxylation is 1. The lowest BCUT2D eigenvalue weighted by atomic mass is 10.1. The average Bonchev–Trinajstić information content (AvgIpc) is 3.48. The number of amides is 3. The van der Waals surface area contributed by atoms with E-state index in [1.165, 1.54) is 0 Å². The van der Waals surface area contributed by atoms with Crippen LogP contribution in [0.3, 0.4) is 0 Å². The minimum Gasteiger partial charge on any atom is -0.326 e. The van der Waals surface area contributed by atoms with E-state index in [0.717, 1.165) is 76.6 Å². The number of likely N-dealkylation sites (N-methyl/N-ethyl adjacent to an activating group) is 1. The van der Waals surface area contributed by atoms with Gasteiger partial charge in [-0.05, 0) is 79.9 Å². The predicted octanol–water partition coefficient (Wildman–Crippen LogP) is 5.45. The van der Waals surface area contributed by atoms with Gasteiger partial charge < -0.3 is 20.4 Å². The maximum Gasteiger partial charge on any atom is 0.321 e. The summed E-state index contributed by atoms with van der Waals surface area (Å²) in [5.41, 5.74) is 5.13. The summed E-state index contributed by atoms with van der Waals surface area (Å²) in [4.78, 5) is 30.5. The highest BCUT2D eigenvalue weighted by atomic mass is 32.1. The number of anilines is 2. The molecule has 0 radical (unpaired) electrons. The van der Waals surface area contributed by atoms with Gasteiger partial charge in [-0.1, -0.05) is 24.3 Å². The number of thiophene rings is 1. The van der Waals surface area contributed by atoms with Crippen molar-refractivity contribution in [3.05, 3.63) is 75.6 Å². The standard InChI is InChI=1S/C29H32N6O2S/c1-20-16-27-24(19-26(20)31-28(36)18-23-8-4-15-38-23)25(32-33-27)10-9-21-6-3-7-22(17-21)30-29(37)35-12-5-11-34(2)13-14-35/h3-4,6-10,15-17,19H,5,11-14,18H2,1-2H3,(H,30,37)(H,31,36)(H,32,33).